The summed E-state index contributed by atoms with van der Waals surface area (Å²) in [7, 11) is 0. The molecule has 2 heterocycles. The van der Waals surface area contributed by atoms with Crippen LogP contribution >= 0.6 is 0 Å². The normalized spacial score (nSPS) is 21.1. The fraction of sp³-hybridized carbons (Fsp3) is 0.688. The summed E-state index contributed by atoms with van der Waals surface area (Å²) >= 11 is 0. The topological polar surface area (TPSA) is 59.5 Å². The Balaban J connectivity index is 2.00. The van der Waals surface area contributed by atoms with Gasteiger partial charge in [-0.25, -0.2) is 0 Å². The quantitative estimate of drug-likeness (QED) is 0.924. The maximum Gasteiger partial charge on any atom is 0.222 e. The van der Waals surface area contributed by atoms with E-state index in [0.717, 1.165) is 30.9 Å². The average Bonchev–Trinajstić information content (AvgIpc) is 2.74. The first-order valence-electron chi connectivity index (χ1n) is 7.45. The van der Waals surface area contributed by atoms with E-state index in [1.54, 1.807) is 0 Å². The monoisotopic (exact) mass is 278 g/mol. The largest absolute Gasteiger partial charge is 0.463 e. The van der Waals surface area contributed by atoms with E-state index >= 15 is 0 Å². The van der Waals surface area contributed by atoms with E-state index in [4.69, 9.17) is 10.2 Å². The summed E-state index contributed by atoms with van der Waals surface area (Å²) in [6.45, 7) is 8.57. The summed E-state index contributed by atoms with van der Waals surface area (Å²) in [5.74, 6) is 2.44. The third kappa shape index (κ3) is 3.63. The lowest BCUT2D eigenvalue weighted by atomic mass is 9.77. The van der Waals surface area contributed by atoms with Crippen LogP contribution in [-0.2, 0) is 17.9 Å². The van der Waals surface area contributed by atoms with Crippen molar-refractivity contribution in [3.8, 4) is 0 Å². The molecular formula is C16H26N2O2. The summed E-state index contributed by atoms with van der Waals surface area (Å²) in [5.41, 5.74) is 5.81. The Labute approximate surface area is 121 Å². The Morgan fingerprint density at radius 2 is 2.00 bits per heavy atom. The Morgan fingerprint density at radius 3 is 2.60 bits per heavy atom. The standard InChI is InChI=1S/C16H26N2O2/c1-16(2,3)12-4-7-15(19)18(9-8-12)11-14-6-5-13(10-17)20-14/h5-6,12H,4,7-11,17H2,1-3H3. The Bertz CT molecular complexity index is 459. The van der Waals surface area contributed by atoms with Crippen molar-refractivity contribution >= 4 is 5.91 Å². The summed E-state index contributed by atoms with van der Waals surface area (Å²) in [4.78, 5) is 14.1. The van der Waals surface area contributed by atoms with Gasteiger partial charge in [0.05, 0.1) is 13.1 Å². The lowest BCUT2D eigenvalue weighted by molar-refractivity contribution is -0.131. The minimum absolute atomic E-state index is 0.238. The molecule has 1 aromatic rings. The molecule has 1 aromatic heterocycles. The lowest BCUT2D eigenvalue weighted by Gasteiger charge is -2.29. The molecule has 1 aliphatic heterocycles. The van der Waals surface area contributed by atoms with E-state index in [-0.39, 0.29) is 11.3 Å². The fourth-order valence-corrected chi connectivity index (χ4v) is 2.87. The first kappa shape index (κ1) is 15.1. The van der Waals surface area contributed by atoms with E-state index in [1.165, 1.54) is 0 Å². The predicted molar refractivity (Wildman–Crippen MR) is 78.8 cm³/mol. The van der Waals surface area contributed by atoms with Crippen LogP contribution in [0.5, 0.6) is 0 Å². The van der Waals surface area contributed by atoms with E-state index in [0.29, 0.717) is 25.4 Å². The molecule has 0 saturated carbocycles. The molecule has 1 unspecified atom stereocenters. The van der Waals surface area contributed by atoms with Crippen LogP contribution in [-0.4, -0.2) is 17.4 Å². The third-order valence-electron chi connectivity index (χ3n) is 4.30. The molecule has 1 atom stereocenters. The Morgan fingerprint density at radius 1 is 1.30 bits per heavy atom. The average molecular weight is 278 g/mol. The van der Waals surface area contributed by atoms with Gasteiger partial charge in [0, 0.05) is 13.0 Å². The van der Waals surface area contributed by atoms with Gasteiger partial charge in [0.1, 0.15) is 11.5 Å². The van der Waals surface area contributed by atoms with Gasteiger partial charge >= 0.3 is 0 Å². The van der Waals surface area contributed by atoms with Crippen molar-refractivity contribution in [3.05, 3.63) is 23.7 Å². The molecule has 1 amide bonds. The Kier molecular flexibility index (Phi) is 4.53. The molecule has 2 N–H and O–H groups in total. The number of amides is 1. The second kappa shape index (κ2) is 6.00. The number of rotatable bonds is 3. The second-order valence-corrected chi connectivity index (χ2v) is 6.78. The van der Waals surface area contributed by atoms with Gasteiger partial charge < -0.3 is 15.1 Å². The number of hydrogen-bond acceptors (Lipinski definition) is 3. The van der Waals surface area contributed by atoms with Crippen LogP contribution in [0.4, 0.5) is 0 Å². The number of likely N-dealkylation sites (tertiary alicyclic amines) is 1. The zero-order valence-corrected chi connectivity index (χ0v) is 12.8. The molecular weight excluding hydrogens is 252 g/mol. The van der Waals surface area contributed by atoms with E-state index in [9.17, 15) is 4.79 Å². The number of furan rings is 1. The number of carbonyl (C=O) groups is 1. The van der Waals surface area contributed by atoms with Crippen LogP contribution < -0.4 is 5.73 Å². The van der Waals surface area contributed by atoms with Gasteiger partial charge in [-0.05, 0) is 36.3 Å². The van der Waals surface area contributed by atoms with Gasteiger partial charge in [0.25, 0.3) is 0 Å². The van der Waals surface area contributed by atoms with Crippen LogP contribution in [0, 0.1) is 11.3 Å². The van der Waals surface area contributed by atoms with Crippen molar-refractivity contribution in [1.82, 2.24) is 4.90 Å². The summed E-state index contributed by atoms with van der Waals surface area (Å²) in [5, 5.41) is 0. The maximum atomic E-state index is 12.2. The maximum absolute atomic E-state index is 12.2. The molecule has 0 aliphatic carbocycles. The zero-order valence-electron chi connectivity index (χ0n) is 12.8. The summed E-state index contributed by atoms with van der Waals surface area (Å²) in [6.07, 6.45) is 2.71. The molecule has 0 bridgehead atoms. The van der Waals surface area contributed by atoms with Crippen LogP contribution in [0.1, 0.15) is 51.6 Å². The number of nitrogens with two attached hydrogens (primary N) is 1. The van der Waals surface area contributed by atoms with Crippen LogP contribution in [0.3, 0.4) is 0 Å². The van der Waals surface area contributed by atoms with Crippen molar-refractivity contribution in [2.75, 3.05) is 6.54 Å². The van der Waals surface area contributed by atoms with Gasteiger partial charge in [0.2, 0.25) is 5.91 Å². The van der Waals surface area contributed by atoms with Gasteiger partial charge in [-0.15, -0.1) is 0 Å². The van der Waals surface area contributed by atoms with Gasteiger partial charge in [-0.1, -0.05) is 20.8 Å². The molecule has 1 saturated heterocycles. The first-order valence-corrected chi connectivity index (χ1v) is 7.45. The van der Waals surface area contributed by atoms with Crippen LogP contribution in [0.25, 0.3) is 0 Å². The van der Waals surface area contributed by atoms with Crippen molar-refractivity contribution < 1.29 is 9.21 Å². The van der Waals surface area contributed by atoms with E-state index in [1.807, 2.05) is 17.0 Å². The van der Waals surface area contributed by atoms with Crippen LogP contribution in [0.15, 0.2) is 16.5 Å². The molecule has 2 rings (SSSR count). The van der Waals surface area contributed by atoms with E-state index < -0.39 is 0 Å². The van der Waals surface area contributed by atoms with Gasteiger partial charge in [-0.3, -0.25) is 4.79 Å². The van der Waals surface area contributed by atoms with Crippen LogP contribution in [0.2, 0.25) is 0 Å². The van der Waals surface area contributed by atoms with Crippen molar-refractivity contribution in [2.24, 2.45) is 17.1 Å². The smallest absolute Gasteiger partial charge is 0.222 e. The molecule has 1 aliphatic rings. The van der Waals surface area contributed by atoms with Crippen molar-refractivity contribution in [2.45, 2.75) is 53.1 Å². The highest BCUT2D eigenvalue weighted by Crippen LogP contribution is 2.34. The molecule has 112 valence electrons. The first-order chi connectivity index (χ1) is 9.40. The van der Waals surface area contributed by atoms with Gasteiger partial charge in [-0.2, -0.15) is 0 Å². The molecule has 4 nitrogen and oxygen atoms in total. The fourth-order valence-electron chi connectivity index (χ4n) is 2.87. The molecule has 20 heavy (non-hydrogen) atoms. The molecule has 0 radical (unpaired) electrons. The minimum atomic E-state index is 0.238. The Hall–Kier alpha value is -1.29. The summed E-state index contributed by atoms with van der Waals surface area (Å²) in [6, 6.07) is 3.80. The molecule has 0 spiro atoms. The van der Waals surface area contributed by atoms with Crippen molar-refractivity contribution in [3.63, 3.8) is 0 Å². The molecule has 4 heteroatoms. The zero-order chi connectivity index (χ0) is 14.8. The SMILES string of the molecule is CC(C)(C)C1CCC(=O)N(Cc2ccc(CN)o2)CC1. The number of carbonyl (C=O) groups excluding carboxylic acids is 1. The highest BCUT2D eigenvalue weighted by molar-refractivity contribution is 5.76. The number of nitrogens with zero attached hydrogens (tertiary/aromatic N) is 1. The molecule has 1 fully saturated rings. The van der Waals surface area contributed by atoms with Crippen molar-refractivity contribution in [1.29, 1.82) is 0 Å². The van der Waals surface area contributed by atoms with E-state index in [2.05, 4.69) is 20.8 Å². The summed E-state index contributed by atoms with van der Waals surface area (Å²) < 4.78 is 5.60. The third-order valence-corrected chi connectivity index (χ3v) is 4.30. The highest BCUT2D eigenvalue weighted by atomic mass is 16.3. The highest BCUT2D eigenvalue weighted by Gasteiger charge is 2.30. The number of hydrogen-bond donors (Lipinski definition) is 1. The van der Waals surface area contributed by atoms with Gasteiger partial charge in [0.15, 0.2) is 0 Å². The minimum Gasteiger partial charge on any atom is -0.463 e. The lowest BCUT2D eigenvalue weighted by Crippen LogP contribution is -2.30. The predicted octanol–water partition coefficient (Wildman–Crippen LogP) is 2.91. The second-order valence-electron chi connectivity index (χ2n) is 6.78. The molecule has 0 aromatic carbocycles.